The van der Waals surface area contributed by atoms with Gasteiger partial charge in [0.25, 0.3) is 0 Å². The van der Waals surface area contributed by atoms with Crippen LogP contribution in [-0.4, -0.2) is 10.8 Å². The number of pyridine rings is 1. The molecule has 0 saturated heterocycles. The topological polar surface area (TPSA) is 56.0 Å². The van der Waals surface area contributed by atoms with Crippen LogP contribution in [0.5, 0.6) is 0 Å². The van der Waals surface area contributed by atoms with Crippen molar-refractivity contribution in [2.45, 2.75) is 0 Å². The Bertz CT molecular complexity index is 586. The number of anilines is 1. The van der Waals surface area contributed by atoms with Crippen molar-refractivity contribution in [1.82, 2.24) is 4.98 Å². The summed E-state index contributed by atoms with van der Waals surface area (Å²) in [6, 6.07) is 7.32. The number of aromatic nitrogens is 1. The number of rotatable bonds is 2. The first-order valence-electron chi connectivity index (χ1n) is 4.80. The third-order valence-corrected chi connectivity index (χ3v) is 2.72. The summed E-state index contributed by atoms with van der Waals surface area (Å²) in [7, 11) is 0. The summed E-state index contributed by atoms with van der Waals surface area (Å²) >= 11 is 3.19. The minimum Gasteiger partial charge on any atom is -0.397 e. The molecule has 0 fully saturated rings. The molecule has 0 unspecified atom stereocenters. The minimum absolute atomic E-state index is 0.0511. The lowest BCUT2D eigenvalue weighted by molar-refractivity contribution is 0.103. The van der Waals surface area contributed by atoms with Crippen LogP contribution in [0.3, 0.4) is 0 Å². The molecule has 2 N–H and O–H groups in total. The number of nitrogen functional groups attached to an aromatic ring is 1. The summed E-state index contributed by atoms with van der Waals surface area (Å²) in [5.74, 6) is -1.12. The highest BCUT2D eigenvalue weighted by Gasteiger charge is 2.17. The zero-order valence-corrected chi connectivity index (χ0v) is 10.2. The first kappa shape index (κ1) is 11.7. The van der Waals surface area contributed by atoms with Gasteiger partial charge in [-0.15, -0.1) is 0 Å². The third kappa shape index (κ3) is 2.34. The van der Waals surface area contributed by atoms with Crippen LogP contribution in [0.15, 0.2) is 41.0 Å². The van der Waals surface area contributed by atoms with Crippen molar-refractivity contribution in [1.29, 1.82) is 0 Å². The number of hydrogen-bond acceptors (Lipinski definition) is 3. The van der Waals surface area contributed by atoms with E-state index in [0.29, 0.717) is 4.47 Å². The molecule has 86 valence electrons. The highest BCUT2D eigenvalue weighted by molar-refractivity contribution is 9.10. The number of carbonyl (C=O) groups is 1. The molecule has 5 heteroatoms. The van der Waals surface area contributed by atoms with Crippen LogP contribution >= 0.6 is 15.9 Å². The van der Waals surface area contributed by atoms with Gasteiger partial charge in [0.05, 0.1) is 11.3 Å². The van der Waals surface area contributed by atoms with Gasteiger partial charge in [0.15, 0.2) is 0 Å². The maximum Gasteiger partial charge on any atom is 0.216 e. The van der Waals surface area contributed by atoms with Crippen molar-refractivity contribution >= 4 is 27.4 Å². The van der Waals surface area contributed by atoms with E-state index in [2.05, 4.69) is 20.9 Å². The fourth-order valence-corrected chi connectivity index (χ4v) is 1.77. The normalized spacial score (nSPS) is 10.2. The Labute approximate surface area is 106 Å². The van der Waals surface area contributed by atoms with E-state index >= 15 is 0 Å². The second kappa shape index (κ2) is 4.63. The summed E-state index contributed by atoms with van der Waals surface area (Å²) in [4.78, 5) is 15.9. The molecule has 3 nitrogen and oxygen atoms in total. The van der Waals surface area contributed by atoms with Gasteiger partial charge < -0.3 is 5.73 Å². The van der Waals surface area contributed by atoms with Crippen molar-refractivity contribution in [2.75, 3.05) is 5.73 Å². The Balaban J connectivity index is 2.51. The molecule has 0 aliphatic carbocycles. The molecule has 0 bridgehead atoms. The Morgan fingerprint density at radius 3 is 2.82 bits per heavy atom. The lowest BCUT2D eigenvalue weighted by atomic mass is 10.1. The summed E-state index contributed by atoms with van der Waals surface area (Å²) < 4.78 is 14.1. The monoisotopic (exact) mass is 294 g/mol. The summed E-state index contributed by atoms with van der Waals surface area (Å²) in [5.41, 5.74) is 5.87. The SMILES string of the molecule is Nc1cccnc1C(=O)c1cc(Br)ccc1F. The van der Waals surface area contributed by atoms with Crippen molar-refractivity contribution < 1.29 is 9.18 Å². The van der Waals surface area contributed by atoms with Gasteiger partial charge in [-0.05, 0) is 30.3 Å². The van der Waals surface area contributed by atoms with Gasteiger partial charge in [0, 0.05) is 10.7 Å². The molecule has 2 aromatic rings. The second-order valence-corrected chi connectivity index (χ2v) is 4.31. The van der Waals surface area contributed by atoms with E-state index in [4.69, 9.17) is 5.73 Å². The number of nitrogens with zero attached hydrogens (tertiary/aromatic N) is 1. The van der Waals surface area contributed by atoms with E-state index in [-0.39, 0.29) is 16.9 Å². The van der Waals surface area contributed by atoms with Crippen molar-refractivity contribution in [3.8, 4) is 0 Å². The van der Waals surface area contributed by atoms with Crippen LogP contribution in [0.4, 0.5) is 10.1 Å². The number of benzene rings is 1. The Hall–Kier alpha value is -1.75. The van der Waals surface area contributed by atoms with Crippen LogP contribution in [0, 0.1) is 5.82 Å². The fraction of sp³-hybridized carbons (Fsp3) is 0. The van der Waals surface area contributed by atoms with Crippen LogP contribution in [0.1, 0.15) is 16.1 Å². The first-order valence-corrected chi connectivity index (χ1v) is 5.59. The molecular weight excluding hydrogens is 287 g/mol. The lowest BCUT2D eigenvalue weighted by Gasteiger charge is -2.05. The van der Waals surface area contributed by atoms with Gasteiger partial charge >= 0.3 is 0 Å². The van der Waals surface area contributed by atoms with Gasteiger partial charge in [-0.3, -0.25) is 9.78 Å². The van der Waals surface area contributed by atoms with E-state index < -0.39 is 11.6 Å². The number of ketones is 1. The molecule has 0 amide bonds. The molecule has 0 aliphatic heterocycles. The second-order valence-electron chi connectivity index (χ2n) is 3.39. The highest BCUT2D eigenvalue weighted by Crippen LogP contribution is 2.20. The predicted molar refractivity (Wildman–Crippen MR) is 66.2 cm³/mol. The maximum absolute atomic E-state index is 13.5. The average molecular weight is 295 g/mol. The highest BCUT2D eigenvalue weighted by atomic mass is 79.9. The Kier molecular flexibility index (Phi) is 3.19. The number of carbonyl (C=O) groups excluding carboxylic acids is 1. The van der Waals surface area contributed by atoms with Gasteiger partial charge in [-0.25, -0.2) is 4.39 Å². The smallest absolute Gasteiger partial charge is 0.216 e. The molecule has 0 radical (unpaired) electrons. The summed E-state index contributed by atoms with van der Waals surface area (Å²) in [5, 5.41) is 0. The predicted octanol–water partition coefficient (Wildman–Crippen LogP) is 2.80. The van der Waals surface area contributed by atoms with Gasteiger partial charge in [0.2, 0.25) is 5.78 Å². The summed E-state index contributed by atoms with van der Waals surface area (Å²) in [6.45, 7) is 0. The average Bonchev–Trinajstić information content (AvgIpc) is 2.32. The van der Waals surface area contributed by atoms with Crippen molar-refractivity contribution in [3.05, 3.63) is 58.1 Å². The maximum atomic E-state index is 13.5. The van der Waals surface area contributed by atoms with Gasteiger partial charge in [0.1, 0.15) is 11.5 Å². The molecule has 1 aromatic heterocycles. The van der Waals surface area contributed by atoms with Crippen LogP contribution in [-0.2, 0) is 0 Å². The Morgan fingerprint density at radius 1 is 1.35 bits per heavy atom. The molecule has 2 rings (SSSR count). The van der Waals surface area contributed by atoms with Crippen LogP contribution < -0.4 is 5.73 Å². The lowest BCUT2D eigenvalue weighted by Crippen LogP contribution is -2.09. The van der Waals surface area contributed by atoms with Crippen molar-refractivity contribution in [3.63, 3.8) is 0 Å². The molecule has 0 atom stereocenters. The van der Waals surface area contributed by atoms with Crippen LogP contribution in [0.25, 0.3) is 0 Å². The number of nitrogens with two attached hydrogens (primary N) is 1. The molecular formula is C12H8BrFN2O. The molecule has 17 heavy (non-hydrogen) atoms. The first-order chi connectivity index (χ1) is 8.09. The Morgan fingerprint density at radius 2 is 2.12 bits per heavy atom. The largest absolute Gasteiger partial charge is 0.397 e. The van der Waals surface area contributed by atoms with E-state index in [1.807, 2.05) is 0 Å². The van der Waals surface area contributed by atoms with Crippen molar-refractivity contribution in [2.24, 2.45) is 0 Å². The molecule has 0 spiro atoms. The zero-order valence-electron chi connectivity index (χ0n) is 8.65. The van der Waals surface area contributed by atoms with E-state index in [1.54, 1.807) is 12.1 Å². The van der Waals surface area contributed by atoms with E-state index in [9.17, 15) is 9.18 Å². The fourth-order valence-electron chi connectivity index (χ4n) is 1.41. The number of halogens is 2. The molecule has 1 heterocycles. The summed E-state index contributed by atoms with van der Waals surface area (Å²) in [6.07, 6.45) is 1.44. The van der Waals surface area contributed by atoms with Gasteiger partial charge in [-0.2, -0.15) is 0 Å². The van der Waals surface area contributed by atoms with Gasteiger partial charge in [-0.1, -0.05) is 15.9 Å². The molecule has 0 saturated carbocycles. The zero-order chi connectivity index (χ0) is 12.4. The third-order valence-electron chi connectivity index (χ3n) is 2.23. The standard InChI is InChI=1S/C12H8BrFN2O/c13-7-3-4-9(14)8(6-7)12(17)11-10(15)2-1-5-16-11/h1-6H,15H2. The number of hydrogen-bond donors (Lipinski definition) is 1. The van der Waals surface area contributed by atoms with E-state index in [1.165, 1.54) is 24.4 Å². The molecule has 1 aromatic carbocycles. The quantitative estimate of drug-likeness (QED) is 0.867. The molecule has 0 aliphatic rings. The van der Waals surface area contributed by atoms with Crippen LogP contribution in [0.2, 0.25) is 0 Å². The van der Waals surface area contributed by atoms with E-state index in [0.717, 1.165) is 0 Å². The minimum atomic E-state index is -0.594.